The fourth-order valence-electron chi connectivity index (χ4n) is 3.47. The van der Waals surface area contributed by atoms with Gasteiger partial charge in [0.25, 0.3) is 5.91 Å². The van der Waals surface area contributed by atoms with Crippen LogP contribution in [0.2, 0.25) is 0 Å². The third-order valence-electron chi connectivity index (χ3n) is 5.34. The molecular weight excluding hydrogens is 385 g/mol. The Morgan fingerprint density at radius 3 is 2.53 bits per heavy atom. The molecule has 0 unspecified atom stereocenters. The number of halogens is 1. The van der Waals surface area contributed by atoms with Gasteiger partial charge in [-0.1, -0.05) is 12.1 Å². The van der Waals surface area contributed by atoms with Gasteiger partial charge in [-0.05, 0) is 49.2 Å². The maximum atomic E-state index is 14.2. The summed E-state index contributed by atoms with van der Waals surface area (Å²) in [5.74, 6) is -0.558. The third kappa shape index (κ3) is 4.45. The normalized spacial score (nSPS) is 13.3. The maximum Gasteiger partial charge on any atom is 0.257 e. The number of furan rings is 1. The number of hydrogen-bond acceptors (Lipinski definition) is 3. The van der Waals surface area contributed by atoms with Crippen molar-refractivity contribution in [2.75, 3.05) is 6.54 Å². The topological polar surface area (TPSA) is 58.7 Å². The number of amides is 2. The van der Waals surface area contributed by atoms with Crippen molar-refractivity contribution < 1.29 is 18.4 Å². The van der Waals surface area contributed by atoms with E-state index in [9.17, 15) is 14.0 Å². The van der Waals surface area contributed by atoms with E-state index in [2.05, 4.69) is 0 Å². The van der Waals surface area contributed by atoms with E-state index in [4.69, 9.17) is 4.42 Å². The summed E-state index contributed by atoms with van der Waals surface area (Å²) in [4.78, 5) is 29.4. The van der Waals surface area contributed by atoms with Gasteiger partial charge in [0.2, 0.25) is 5.91 Å². The monoisotopic (exact) mass is 409 g/mol. The lowest BCUT2D eigenvalue weighted by molar-refractivity contribution is -0.133. The second-order valence-electron chi connectivity index (χ2n) is 7.58. The van der Waals surface area contributed by atoms with Crippen LogP contribution in [0, 0.1) is 5.82 Å². The summed E-state index contributed by atoms with van der Waals surface area (Å²) >= 11 is 0. The molecular formula is C23H24FN3O3. The van der Waals surface area contributed by atoms with Crippen LogP contribution < -0.4 is 0 Å². The Morgan fingerprint density at radius 1 is 1.10 bits per heavy atom. The number of hydrogen-bond donors (Lipinski definition) is 0. The number of nitrogens with zero attached hydrogens (tertiary/aromatic N) is 3. The van der Waals surface area contributed by atoms with Gasteiger partial charge in [-0.2, -0.15) is 0 Å². The number of aromatic nitrogens is 1. The highest BCUT2D eigenvalue weighted by molar-refractivity contribution is 5.97. The number of carbonyl (C=O) groups excluding carboxylic acids is 2. The molecule has 0 bridgehead atoms. The fraction of sp³-hybridized carbons (Fsp3) is 0.304. The molecule has 2 heterocycles. The quantitative estimate of drug-likeness (QED) is 0.571. The van der Waals surface area contributed by atoms with Gasteiger partial charge in [-0.25, -0.2) is 4.39 Å². The lowest BCUT2D eigenvalue weighted by atomic mass is 10.1. The highest BCUT2D eigenvalue weighted by Gasteiger charge is 2.36. The van der Waals surface area contributed by atoms with Crippen molar-refractivity contribution in [2.24, 2.45) is 7.05 Å². The largest absolute Gasteiger partial charge is 0.467 e. The van der Waals surface area contributed by atoms with Crippen LogP contribution in [0.5, 0.6) is 0 Å². The highest BCUT2D eigenvalue weighted by Crippen LogP contribution is 2.29. The predicted octanol–water partition coefficient (Wildman–Crippen LogP) is 3.59. The molecule has 3 aromatic rings. The van der Waals surface area contributed by atoms with Gasteiger partial charge < -0.3 is 18.8 Å². The zero-order chi connectivity index (χ0) is 21.1. The molecule has 30 heavy (non-hydrogen) atoms. The van der Waals surface area contributed by atoms with Crippen LogP contribution in [0.1, 0.15) is 34.7 Å². The van der Waals surface area contributed by atoms with Crippen molar-refractivity contribution in [3.05, 3.63) is 83.8 Å². The van der Waals surface area contributed by atoms with E-state index in [1.165, 1.54) is 17.0 Å². The zero-order valence-corrected chi connectivity index (χ0v) is 16.8. The van der Waals surface area contributed by atoms with Crippen molar-refractivity contribution in [3.8, 4) is 0 Å². The summed E-state index contributed by atoms with van der Waals surface area (Å²) in [6, 6.07) is 13.3. The first kappa shape index (κ1) is 19.9. The zero-order valence-electron chi connectivity index (χ0n) is 16.8. The van der Waals surface area contributed by atoms with Crippen molar-refractivity contribution in [1.82, 2.24) is 14.4 Å². The minimum atomic E-state index is -0.572. The third-order valence-corrected chi connectivity index (χ3v) is 5.34. The average molecular weight is 409 g/mol. The number of carbonyl (C=O) groups is 2. The second kappa shape index (κ2) is 8.57. The Morgan fingerprint density at radius 2 is 1.90 bits per heavy atom. The van der Waals surface area contributed by atoms with E-state index in [1.54, 1.807) is 29.4 Å². The van der Waals surface area contributed by atoms with Crippen molar-refractivity contribution >= 4 is 11.8 Å². The number of benzene rings is 1. The standard InChI is InChI=1S/C23H24FN3O3/c1-25-12-4-6-18(25)14-26(15-19-7-5-13-30-19)22(28)16-27(17-10-11-17)23(29)20-8-2-3-9-21(20)24/h2-9,12-13,17H,10-11,14-16H2,1H3. The molecule has 6 nitrogen and oxygen atoms in total. The molecule has 1 aliphatic carbocycles. The van der Waals surface area contributed by atoms with Crippen LogP contribution in [0.15, 0.2) is 65.4 Å². The van der Waals surface area contributed by atoms with E-state index in [0.29, 0.717) is 18.8 Å². The molecule has 156 valence electrons. The van der Waals surface area contributed by atoms with Gasteiger partial charge >= 0.3 is 0 Å². The summed E-state index contributed by atoms with van der Waals surface area (Å²) in [5.41, 5.74) is 0.963. The van der Waals surface area contributed by atoms with Crippen LogP contribution in [0.25, 0.3) is 0 Å². The van der Waals surface area contributed by atoms with Gasteiger partial charge in [-0.3, -0.25) is 9.59 Å². The van der Waals surface area contributed by atoms with E-state index in [-0.39, 0.29) is 24.1 Å². The molecule has 2 amide bonds. The minimum absolute atomic E-state index is 0.00257. The molecule has 0 radical (unpaired) electrons. The Bertz CT molecular complexity index is 1020. The van der Waals surface area contributed by atoms with Gasteiger partial charge in [0, 0.05) is 25.0 Å². The highest BCUT2D eigenvalue weighted by atomic mass is 19.1. The minimum Gasteiger partial charge on any atom is -0.467 e. The summed E-state index contributed by atoms with van der Waals surface area (Å²) in [7, 11) is 1.92. The molecule has 0 saturated heterocycles. The van der Waals surface area contributed by atoms with Gasteiger partial charge in [0.1, 0.15) is 18.1 Å². The molecule has 0 atom stereocenters. The molecule has 4 rings (SSSR count). The van der Waals surface area contributed by atoms with Gasteiger partial charge in [0.05, 0.1) is 24.9 Å². The van der Waals surface area contributed by atoms with Crippen LogP contribution in [-0.2, 0) is 24.9 Å². The van der Waals surface area contributed by atoms with E-state index < -0.39 is 11.7 Å². The van der Waals surface area contributed by atoms with Gasteiger partial charge in [0.15, 0.2) is 0 Å². The Hall–Kier alpha value is -3.35. The number of aryl methyl sites for hydroxylation is 1. The molecule has 0 aliphatic heterocycles. The molecule has 1 fully saturated rings. The average Bonchev–Trinajstić information content (AvgIpc) is 3.30. The summed E-state index contributed by atoms with van der Waals surface area (Å²) in [6.45, 7) is 0.585. The molecule has 1 saturated carbocycles. The smallest absolute Gasteiger partial charge is 0.257 e. The predicted molar refractivity (Wildman–Crippen MR) is 109 cm³/mol. The number of rotatable bonds is 8. The maximum absolute atomic E-state index is 14.2. The van der Waals surface area contributed by atoms with Crippen LogP contribution in [-0.4, -0.2) is 38.8 Å². The molecule has 0 spiro atoms. The summed E-state index contributed by atoms with van der Waals surface area (Å²) in [6.07, 6.45) is 5.13. The lowest BCUT2D eigenvalue weighted by Crippen LogP contribution is -2.44. The van der Waals surface area contributed by atoms with Crippen LogP contribution in [0.3, 0.4) is 0 Å². The molecule has 2 aromatic heterocycles. The van der Waals surface area contributed by atoms with Crippen molar-refractivity contribution in [1.29, 1.82) is 0 Å². The molecule has 1 aromatic carbocycles. The van der Waals surface area contributed by atoms with Crippen molar-refractivity contribution in [3.63, 3.8) is 0 Å². The molecule has 1 aliphatic rings. The lowest BCUT2D eigenvalue weighted by Gasteiger charge is -2.27. The SMILES string of the molecule is Cn1cccc1CN(Cc1ccco1)C(=O)CN(C(=O)c1ccccc1F)C1CC1. The van der Waals surface area contributed by atoms with Crippen LogP contribution >= 0.6 is 0 Å². The Labute approximate surface area is 174 Å². The summed E-state index contributed by atoms with van der Waals surface area (Å²) < 4.78 is 21.6. The van der Waals surface area contributed by atoms with E-state index >= 15 is 0 Å². The molecule has 7 heteroatoms. The first-order chi connectivity index (χ1) is 14.5. The van der Waals surface area contributed by atoms with E-state index in [1.807, 2.05) is 36.0 Å². The van der Waals surface area contributed by atoms with E-state index in [0.717, 1.165) is 18.5 Å². The summed E-state index contributed by atoms with van der Waals surface area (Å²) in [5, 5.41) is 0. The fourth-order valence-corrected chi connectivity index (χ4v) is 3.47. The Kier molecular flexibility index (Phi) is 5.70. The second-order valence-corrected chi connectivity index (χ2v) is 7.58. The first-order valence-electron chi connectivity index (χ1n) is 9.99. The first-order valence-corrected chi connectivity index (χ1v) is 9.99. The van der Waals surface area contributed by atoms with Gasteiger partial charge in [-0.15, -0.1) is 0 Å². The Balaban J connectivity index is 1.54. The molecule has 0 N–H and O–H groups in total. The van der Waals surface area contributed by atoms with Crippen molar-refractivity contribution in [2.45, 2.75) is 32.0 Å². The van der Waals surface area contributed by atoms with Crippen LogP contribution in [0.4, 0.5) is 4.39 Å².